The summed E-state index contributed by atoms with van der Waals surface area (Å²) in [5.41, 5.74) is 3.50. The van der Waals surface area contributed by atoms with Gasteiger partial charge in [0.15, 0.2) is 0 Å². The Morgan fingerprint density at radius 3 is 2.70 bits per heavy atom. The molecule has 5 rings (SSSR count). The van der Waals surface area contributed by atoms with Crippen LogP contribution in [-0.4, -0.2) is 71.6 Å². The predicted molar refractivity (Wildman–Crippen MR) is 144 cm³/mol. The molecule has 3 atom stereocenters. The van der Waals surface area contributed by atoms with E-state index in [1.54, 1.807) is 7.11 Å². The van der Waals surface area contributed by atoms with Crippen molar-refractivity contribution in [1.29, 1.82) is 0 Å². The number of carbonyl (C=O) groups is 2. The fraction of sp³-hybridized carbons (Fsp3) is 0.448. The Labute approximate surface area is 218 Å². The minimum Gasteiger partial charge on any atom is -0.497 e. The fourth-order valence-corrected chi connectivity index (χ4v) is 5.93. The minimum absolute atomic E-state index is 0.0281. The number of para-hydroxylation sites is 1. The van der Waals surface area contributed by atoms with Crippen LogP contribution in [0.1, 0.15) is 30.4 Å². The van der Waals surface area contributed by atoms with Gasteiger partial charge in [-0.2, -0.15) is 0 Å². The second-order valence-electron chi connectivity index (χ2n) is 10.3. The van der Waals surface area contributed by atoms with Crippen LogP contribution in [0.2, 0.25) is 0 Å². The lowest BCUT2D eigenvalue weighted by molar-refractivity contribution is -0.126. The van der Waals surface area contributed by atoms with Crippen LogP contribution in [0.15, 0.2) is 54.7 Å². The summed E-state index contributed by atoms with van der Waals surface area (Å²) in [5.74, 6) is 0.927. The van der Waals surface area contributed by atoms with E-state index in [2.05, 4.69) is 69.6 Å². The highest BCUT2D eigenvalue weighted by atomic mass is 16.5. The van der Waals surface area contributed by atoms with E-state index in [1.165, 1.54) is 16.5 Å². The van der Waals surface area contributed by atoms with Crippen LogP contribution in [0.3, 0.4) is 0 Å². The van der Waals surface area contributed by atoms with Crippen LogP contribution in [0.5, 0.6) is 5.75 Å². The van der Waals surface area contributed by atoms with Crippen LogP contribution in [0, 0.1) is 0 Å². The number of nitrogens with one attached hydrogen (secondary N) is 2. The number of likely N-dealkylation sites (N-methyl/N-ethyl adjacent to an activating group) is 1. The standard InChI is InChI=1S/C29H37N5O3/c1-32-18-21(24-6-4-5-7-25(24)32)19-34-15-14-26-28(34)29(36)31-17-22(33(26)2)10-13-27(35)30-16-20-8-11-23(37-3)12-9-20/h4-9,11-12,18,22,26,28H,10,13-17,19H2,1-3H3,(H,30,35)(H,31,36). The Bertz CT molecular complexity index is 1250. The summed E-state index contributed by atoms with van der Waals surface area (Å²) < 4.78 is 7.35. The van der Waals surface area contributed by atoms with Gasteiger partial charge in [-0.3, -0.25) is 19.4 Å². The van der Waals surface area contributed by atoms with Crippen molar-refractivity contribution in [3.8, 4) is 5.75 Å². The molecule has 2 aliphatic heterocycles. The molecule has 2 fully saturated rings. The molecule has 2 amide bonds. The largest absolute Gasteiger partial charge is 0.497 e. The van der Waals surface area contributed by atoms with Gasteiger partial charge in [-0.1, -0.05) is 30.3 Å². The SMILES string of the molecule is COc1ccc(CNC(=O)CCC2CNC(=O)C3C(CCN3Cc3cn(C)c4ccccc34)N2C)cc1. The number of nitrogens with zero attached hydrogens (tertiary/aromatic N) is 3. The summed E-state index contributed by atoms with van der Waals surface area (Å²) in [5, 5.41) is 7.44. The lowest BCUT2D eigenvalue weighted by Gasteiger charge is -2.33. The van der Waals surface area contributed by atoms with Gasteiger partial charge in [0.05, 0.1) is 7.11 Å². The second kappa shape index (κ2) is 10.9. The highest BCUT2D eigenvalue weighted by Gasteiger charge is 2.45. The molecule has 0 radical (unpaired) electrons. The third kappa shape index (κ3) is 5.36. The number of aryl methyl sites for hydroxylation is 1. The fourth-order valence-electron chi connectivity index (χ4n) is 5.93. The molecule has 0 saturated carbocycles. The third-order valence-electron chi connectivity index (χ3n) is 8.06. The van der Waals surface area contributed by atoms with E-state index in [0.29, 0.717) is 25.9 Å². The zero-order chi connectivity index (χ0) is 25.9. The van der Waals surface area contributed by atoms with Gasteiger partial charge in [-0.25, -0.2) is 0 Å². The number of aromatic nitrogens is 1. The highest BCUT2D eigenvalue weighted by Crippen LogP contribution is 2.30. The molecule has 3 unspecified atom stereocenters. The van der Waals surface area contributed by atoms with E-state index in [1.807, 2.05) is 24.3 Å². The van der Waals surface area contributed by atoms with Crippen molar-refractivity contribution in [3.63, 3.8) is 0 Å². The van der Waals surface area contributed by atoms with Gasteiger partial charge in [0, 0.05) is 68.8 Å². The Balaban J connectivity index is 1.18. The van der Waals surface area contributed by atoms with Crippen molar-refractivity contribution in [2.75, 3.05) is 27.2 Å². The number of likely N-dealkylation sites (tertiary alicyclic amines) is 1. The number of methoxy groups -OCH3 is 1. The summed E-state index contributed by atoms with van der Waals surface area (Å²) in [6, 6.07) is 16.2. The molecule has 8 nitrogen and oxygen atoms in total. The van der Waals surface area contributed by atoms with Crippen molar-refractivity contribution in [3.05, 3.63) is 65.9 Å². The number of amides is 2. The number of fused-ring (bicyclic) bond motifs is 2. The maximum Gasteiger partial charge on any atom is 0.239 e. The molecule has 2 aliphatic rings. The van der Waals surface area contributed by atoms with Gasteiger partial charge in [0.25, 0.3) is 0 Å². The van der Waals surface area contributed by atoms with Crippen LogP contribution < -0.4 is 15.4 Å². The summed E-state index contributed by atoms with van der Waals surface area (Å²) in [7, 11) is 5.82. The average molecular weight is 504 g/mol. The van der Waals surface area contributed by atoms with Gasteiger partial charge < -0.3 is 19.9 Å². The summed E-state index contributed by atoms with van der Waals surface area (Å²) in [4.78, 5) is 30.5. The van der Waals surface area contributed by atoms with Gasteiger partial charge in [0.1, 0.15) is 11.8 Å². The zero-order valence-electron chi connectivity index (χ0n) is 21.9. The Morgan fingerprint density at radius 2 is 1.92 bits per heavy atom. The monoisotopic (exact) mass is 503 g/mol. The number of benzene rings is 2. The van der Waals surface area contributed by atoms with Crippen LogP contribution in [0.25, 0.3) is 10.9 Å². The van der Waals surface area contributed by atoms with Crippen LogP contribution >= 0.6 is 0 Å². The normalized spacial score (nSPS) is 22.5. The molecule has 37 heavy (non-hydrogen) atoms. The molecule has 3 aromatic rings. The highest BCUT2D eigenvalue weighted by molar-refractivity contribution is 5.85. The average Bonchev–Trinajstić information content (AvgIpc) is 3.45. The molecule has 8 heteroatoms. The molecule has 0 aliphatic carbocycles. The van der Waals surface area contributed by atoms with Crippen molar-refractivity contribution in [2.45, 2.75) is 50.5 Å². The van der Waals surface area contributed by atoms with E-state index < -0.39 is 0 Å². The molecule has 1 aromatic heterocycles. The Morgan fingerprint density at radius 1 is 1.14 bits per heavy atom. The Hall–Kier alpha value is -3.36. The first-order valence-electron chi connectivity index (χ1n) is 13.1. The molecule has 196 valence electrons. The first-order chi connectivity index (χ1) is 17.9. The number of ether oxygens (including phenoxy) is 1. The van der Waals surface area contributed by atoms with Crippen molar-refractivity contribution < 1.29 is 14.3 Å². The molecule has 2 aromatic carbocycles. The molecular weight excluding hydrogens is 466 g/mol. The first-order valence-corrected chi connectivity index (χ1v) is 13.1. The van der Waals surface area contributed by atoms with E-state index in [4.69, 9.17) is 4.74 Å². The number of rotatable bonds is 8. The Kier molecular flexibility index (Phi) is 7.48. The van der Waals surface area contributed by atoms with Gasteiger partial charge in [-0.15, -0.1) is 0 Å². The molecule has 2 saturated heterocycles. The number of carbonyl (C=O) groups excluding carboxylic acids is 2. The van der Waals surface area contributed by atoms with E-state index in [9.17, 15) is 9.59 Å². The lowest BCUT2D eigenvalue weighted by atomic mass is 10.0. The molecule has 0 spiro atoms. The quantitative estimate of drug-likeness (QED) is 0.494. The van der Waals surface area contributed by atoms with Crippen molar-refractivity contribution in [1.82, 2.24) is 25.0 Å². The maximum atomic E-state index is 13.2. The van der Waals surface area contributed by atoms with E-state index in [0.717, 1.165) is 30.8 Å². The molecular formula is C29H37N5O3. The topological polar surface area (TPSA) is 78.8 Å². The summed E-state index contributed by atoms with van der Waals surface area (Å²) >= 11 is 0. The molecule has 2 N–H and O–H groups in total. The number of hydrogen-bond acceptors (Lipinski definition) is 5. The smallest absolute Gasteiger partial charge is 0.239 e. The van der Waals surface area contributed by atoms with Crippen LogP contribution in [0.4, 0.5) is 0 Å². The molecule has 3 heterocycles. The van der Waals surface area contributed by atoms with Gasteiger partial charge in [0.2, 0.25) is 11.8 Å². The maximum absolute atomic E-state index is 13.2. The summed E-state index contributed by atoms with van der Waals surface area (Å²) in [6.45, 7) is 2.69. The number of hydrogen-bond donors (Lipinski definition) is 2. The van der Waals surface area contributed by atoms with E-state index >= 15 is 0 Å². The zero-order valence-corrected chi connectivity index (χ0v) is 21.9. The van der Waals surface area contributed by atoms with Crippen molar-refractivity contribution in [2.24, 2.45) is 7.05 Å². The molecule has 0 bridgehead atoms. The predicted octanol–water partition coefficient (Wildman–Crippen LogP) is 2.66. The van der Waals surface area contributed by atoms with Crippen LogP contribution in [-0.2, 0) is 29.7 Å². The van der Waals surface area contributed by atoms with E-state index in [-0.39, 0.29) is 29.9 Å². The third-order valence-corrected chi connectivity index (χ3v) is 8.06. The summed E-state index contributed by atoms with van der Waals surface area (Å²) in [6.07, 6.45) is 4.26. The lowest BCUT2D eigenvalue weighted by Crippen LogP contribution is -2.49. The first kappa shape index (κ1) is 25.3. The second-order valence-corrected chi connectivity index (χ2v) is 10.3. The van der Waals surface area contributed by atoms with Crippen molar-refractivity contribution >= 4 is 22.7 Å². The van der Waals surface area contributed by atoms with Gasteiger partial charge >= 0.3 is 0 Å². The minimum atomic E-state index is -0.183. The van der Waals surface area contributed by atoms with Gasteiger partial charge in [-0.05, 0) is 49.2 Å².